The fourth-order valence-electron chi connectivity index (χ4n) is 3.63. The van der Waals surface area contributed by atoms with Crippen LogP contribution in [-0.4, -0.2) is 38.7 Å². The van der Waals surface area contributed by atoms with Gasteiger partial charge in [0, 0.05) is 25.2 Å². The average molecular weight is 364 g/mol. The number of rotatable bonds is 4. The van der Waals surface area contributed by atoms with E-state index in [0.29, 0.717) is 23.8 Å². The Morgan fingerprint density at radius 1 is 1.19 bits per heavy atom. The Labute approximate surface area is 155 Å². The number of H-pyrrole nitrogens is 1. The minimum atomic E-state index is -0.499. The molecule has 1 fully saturated rings. The van der Waals surface area contributed by atoms with Crippen LogP contribution in [0.3, 0.4) is 0 Å². The highest BCUT2D eigenvalue weighted by atomic mass is 16.2. The van der Waals surface area contributed by atoms with Crippen molar-refractivity contribution in [2.45, 2.75) is 18.8 Å². The lowest BCUT2D eigenvalue weighted by Gasteiger charge is -2.33. The third kappa shape index (κ3) is 3.21. The minimum absolute atomic E-state index is 0.0284. The molecule has 2 aromatic heterocycles. The van der Waals surface area contributed by atoms with E-state index >= 15 is 0 Å². The van der Waals surface area contributed by atoms with Gasteiger partial charge in [-0.05, 0) is 37.1 Å². The molecule has 0 saturated carbocycles. The molecule has 1 saturated heterocycles. The number of carbonyl (C=O) groups is 1. The molecule has 1 amide bonds. The molecule has 1 aromatic carbocycles. The van der Waals surface area contributed by atoms with Crippen molar-refractivity contribution in [2.75, 3.05) is 18.0 Å². The summed E-state index contributed by atoms with van der Waals surface area (Å²) in [6.07, 6.45) is 3.45. The van der Waals surface area contributed by atoms with E-state index in [0.717, 1.165) is 25.1 Å². The quantitative estimate of drug-likeness (QED) is 0.728. The molecule has 27 heavy (non-hydrogen) atoms. The van der Waals surface area contributed by atoms with Crippen LogP contribution in [0.25, 0.3) is 5.69 Å². The maximum absolute atomic E-state index is 12.3. The number of piperidine rings is 1. The van der Waals surface area contributed by atoms with Crippen molar-refractivity contribution in [3.05, 3.63) is 70.5 Å². The molecule has 3 heterocycles. The lowest BCUT2D eigenvalue weighted by atomic mass is 9.96. The van der Waals surface area contributed by atoms with E-state index in [-0.39, 0.29) is 11.6 Å². The largest absolute Gasteiger partial charge is 0.365 e. The van der Waals surface area contributed by atoms with Gasteiger partial charge in [0.25, 0.3) is 5.91 Å². The smallest absolute Gasteiger partial charge is 0.347 e. The third-order valence-electron chi connectivity index (χ3n) is 4.85. The van der Waals surface area contributed by atoms with Crippen LogP contribution < -0.4 is 16.3 Å². The third-order valence-corrected chi connectivity index (χ3v) is 4.85. The van der Waals surface area contributed by atoms with Crippen molar-refractivity contribution in [3.8, 4) is 5.69 Å². The number of pyridine rings is 1. The Morgan fingerprint density at radius 3 is 2.78 bits per heavy atom. The zero-order valence-corrected chi connectivity index (χ0v) is 14.7. The lowest BCUT2D eigenvalue weighted by Crippen LogP contribution is -2.37. The predicted octanol–water partition coefficient (Wildman–Crippen LogP) is 1.44. The topological polar surface area (TPSA) is 110 Å². The van der Waals surface area contributed by atoms with Crippen LogP contribution in [0.2, 0.25) is 0 Å². The van der Waals surface area contributed by atoms with Gasteiger partial charge in [-0.1, -0.05) is 18.2 Å². The fourth-order valence-corrected chi connectivity index (χ4v) is 3.63. The summed E-state index contributed by atoms with van der Waals surface area (Å²) in [5, 5.41) is 6.85. The van der Waals surface area contributed by atoms with Gasteiger partial charge in [-0.25, -0.2) is 19.4 Å². The van der Waals surface area contributed by atoms with Crippen molar-refractivity contribution >= 4 is 11.7 Å². The maximum Gasteiger partial charge on any atom is 0.347 e. The molecule has 3 aromatic rings. The van der Waals surface area contributed by atoms with E-state index in [2.05, 4.69) is 15.2 Å². The van der Waals surface area contributed by atoms with Crippen LogP contribution in [0, 0.1) is 0 Å². The zero-order valence-electron chi connectivity index (χ0n) is 14.7. The van der Waals surface area contributed by atoms with Crippen LogP contribution in [0.15, 0.2) is 53.5 Å². The van der Waals surface area contributed by atoms with Crippen molar-refractivity contribution < 1.29 is 4.79 Å². The molecule has 0 radical (unpaired) electrons. The summed E-state index contributed by atoms with van der Waals surface area (Å²) < 4.78 is 1.61. The van der Waals surface area contributed by atoms with Gasteiger partial charge < -0.3 is 10.6 Å². The van der Waals surface area contributed by atoms with E-state index in [1.54, 1.807) is 22.9 Å². The Bertz CT molecular complexity index is 1010. The highest BCUT2D eigenvalue weighted by molar-refractivity contribution is 5.97. The van der Waals surface area contributed by atoms with E-state index in [4.69, 9.17) is 5.73 Å². The number of anilines is 1. The molecule has 138 valence electrons. The molecule has 0 unspecified atom stereocenters. The summed E-state index contributed by atoms with van der Waals surface area (Å²) in [7, 11) is 0. The number of aromatic amines is 1. The van der Waals surface area contributed by atoms with Crippen LogP contribution in [0.4, 0.5) is 5.82 Å². The summed E-state index contributed by atoms with van der Waals surface area (Å²) in [6, 6.07) is 12.8. The molecule has 8 heteroatoms. The Morgan fingerprint density at radius 2 is 2.00 bits per heavy atom. The molecule has 4 rings (SSSR count). The van der Waals surface area contributed by atoms with Crippen LogP contribution in [-0.2, 0) is 0 Å². The van der Waals surface area contributed by atoms with Crippen LogP contribution in [0.1, 0.15) is 34.9 Å². The molecular formula is C19H20N6O2. The summed E-state index contributed by atoms with van der Waals surface area (Å²) in [5.41, 5.74) is 6.42. The molecular weight excluding hydrogens is 344 g/mol. The molecule has 1 aliphatic heterocycles. The number of nitrogens with one attached hydrogen (secondary N) is 1. The predicted molar refractivity (Wildman–Crippen MR) is 101 cm³/mol. The molecule has 0 spiro atoms. The minimum Gasteiger partial charge on any atom is -0.365 e. The van der Waals surface area contributed by atoms with Crippen molar-refractivity contribution in [1.29, 1.82) is 0 Å². The second-order valence-corrected chi connectivity index (χ2v) is 6.58. The summed E-state index contributed by atoms with van der Waals surface area (Å²) in [6.45, 7) is 1.38. The number of amides is 1. The van der Waals surface area contributed by atoms with Gasteiger partial charge in [0.05, 0.1) is 11.3 Å². The number of primary amides is 1. The van der Waals surface area contributed by atoms with E-state index < -0.39 is 5.91 Å². The Hall–Kier alpha value is -3.42. The van der Waals surface area contributed by atoms with E-state index in [1.807, 2.05) is 35.2 Å². The first-order valence-electron chi connectivity index (χ1n) is 8.87. The van der Waals surface area contributed by atoms with Gasteiger partial charge in [0.15, 0.2) is 0 Å². The number of hydrogen-bond donors (Lipinski definition) is 2. The normalized spacial score (nSPS) is 17.0. The van der Waals surface area contributed by atoms with Gasteiger partial charge in [0.1, 0.15) is 11.6 Å². The van der Waals surface area contributed by atoms with Crippen molar-refractivity contribution in [3.63, 3.8) is 0 Å². The SMILES string of the molecule is NC(=O)c1cccnc1N1CCC[C@H](c2n[nH]c(=O)n2-c2ccccc2)C1. The Kier molecular flexibility index (Phi) is 4.45. The monoisotopic (exact) mass is 364 g/mol. The number of nitrogens with two attached hydrogens (primary N) is 1. The van der Waals surface area contributed by atoms with Crippen LogP contribution in [0.5, 0.6) is 0 Å². The highest BCUT2D eigenvalue weighted by Crippen LogP contribution is 2.30. The lowest BCUT2D eigenvalue weighted by molar-refractivity contribution is 0.100. The second-order valence-electron chi connectivity index (χ2n) is 6.58. The first-order valence-corrected chi connectivity index (χ1v) is 8.87. The van der Waals surface area contributed by atoms with Gasteiger partial charge in [0.2, 0.25) is 0 Å². The molecule has 0 aliphatic carbocycles. The van der Waals surface area contributed by atoms with Crippen LogP contribution >= 0.6 is 0 Å². The van der Waals surface area contributed by atoms with E-state index in [1.165, 1.54) is 0 Å². The number of aromatic nitrogens is 4. The summed E-state index contributed by atoms with van der Waals surface area (Å²) in [5.74, 6) is 0.799. The average Bonchev–Trinajstić information content (AvgIpc) is 3.10. The number of nitrogens with zero attached hydrogens (tertiary/aromatic N) is 4. The van der Waals surface area contributed by atoms with Crippen molar-refractivity contribution in [2.24, 2.45) is 5.73 Å². The molecule has 1 atom stereocenters. The number of benzene rings is 1. The number of carbonyl (C=O) groups excluding carboxylic acids is 1. The molecule has 0 bridgehead atoms. The molecule has 1 aliphatic rings. The zero-order chi connectivity index (χ0) is 18.8. The fraction of sp³-hybridized carbons (Fsp3) is 0.263. The van der Waals surface area contributed by atoms with Gasteiger partial charge in [-0.3, -0.25) is 4.79 Å². The molecule has 3 N–H and O–H groups in total. The second kappa shape index (κ2) is 7.06. The first kappa shape index (κ1) is 17.0. The standard InChI is InChI=1S/C19H20N6O2/c20-16(26)15-9-4-10-21-18(15)24-11-5-6-13(12-24)17-22-23-19(27)25(17)14-7-2-1-3-8-14/h1-4,7-10,13H,5-6,11-12H2,(H2,20,26)(H,23,27)/t13-/m0/s1. The van der Waals surface area contributed by atoms with Gasteiger partial charge in [-0.2, -0.15) is 5.10 Å². The number of para-hydroxylation sites is 1. The summed E-state index contributed by atoms with van der Waals surface area (Å²) >= 11 is 0. The van der Waals surface area contributed by atoms with E-state index in [9.17, 15) is 9.59 Å². The van der Waals surface area contributed by atoms with Gasteiger partial charge in [-0.15, -0.1) is 0 Å². The molecule has 8 nitrogen and oxygen atoms in total. The Balaban J connectivity index is 1.68. The highest BCUT2D eigenvalue weighted by Gasteiger charge is 2.29. The maximum atomic E-state index is 12.3. The summed E-state index contributed by atoms with van der Waals surface area (Å²) in [4.78, 5) is 30.5. The number of hydrogen-bond acceptors (Lipinski definition) is 5. The van der Waals surface area contributed by atoms with Gasteiger partial charge >= 0.3 is 5.69 Å². The first-order chi connectivity index (χ1) is 13.1. The van der Waals surface area contributed by atoms with Crippen molar-refractivity contribution in [1.82, 2.24) is 19.7 Å².